The molecule has 308 valence electrons. The number of amides is 3. The highest BCUT2D eigenvalue weighted by atomic mass is 32.2. The molecule has 0 radical (unpaired) electrons. The normalized spacial score (nSPS) is 26.1. The van der Waals surface area contributed by atoms with Crippen molar-refractivity contribution in [3.63, 3.8) is 0 Å². The van der Waals surface area contributed by atoms with E-state index < -0.39 is 56.2 Å². The van der Waals surface area contributed by atoms with Crippen LogP contribution in [-0.2, 0) is 24.4 Å². The number of aromatic nitrogens is 2. The zero-order chi connectivity index (χ0) is 41.5. The third kappa shape index (κ3) is 7.92. The number of benzene rings is 3. The Bertz CT molecular complexity index is 2440. The number of imidazole rings is 1. The number of hydrogen-bond acceptors (Lipinski definition) is 9. The van der Waals surface area contributed by atoms with E-state index in [2.05, 4.69) is 21.4 Å². The van der Waals surface area contributed by atoms with Crippen LogP contribution < -0.4 is 20.1 Å². The highest BCUT2D eigenvalue weighted by Crippen LogP contribution is 2.47. The molecule has 4 aromatic rings. The summed E-state index contributed by atoms with van der Waals surface area (Å²) >= 11 is 0. The minimum atomic E-state index is -3.97. The van der Waals surface area contributed by atoms with Gasteiger partial charge in [0.1, 0.15) is 29.2 Å². The first-order valence-corrected chi connectivity index (χ1v) is 22.2. The lowest BCUT2D eigenvalue weighted by Gasteiger charge is -2.30. The summed E-state index contributed by atoms with van der Waals surface area (Å²) in [5, 5.41) is 15.8. The van der Waals surface area contributed by atoms with E-state index in [0.29, 0.717) is 36.4 Å². The van der Waals surface area contributed by atoms with Crippen LogP contribution in [0.15, 0.2) is 84.9 Å². The Labute approximate surface area is 345 Å². The maximum atomic E-state index is 14.8. The summed E-state index contributed by atoms with van der Waals surface area (Å²) in [5.41, 5.74) is 3.19. The van der Waals surface area contributed by atoms with Gasteiger partial charge in [-0.1, -0.05) is 67.5 Å². The number of fused-ring (bicyclic) bond motifs is 3. The molecule has 4 aliphatic rings. The molecule has 5 atom stereocenters. The minimum Gasteiger partial charge on any atom is -0.459 e. The van der Waals surface area contributed by atoms with Crippen molar-refractivity contribution >= 4 is 44.5 Å². The second-order valence-corrected chi connectivity index (χ2v) is 19.2. The number of sulfonamides is 1. The SMILES string of the molecule is CC(C)n1c(O[C@@H]2C[C@H]3C(=O)N[C@]4(C(=O)NS(=O)(=O)C5(C)CC5)C[C@H]4/C=C\CCCCC[C@H](Nc4ccccc4)C(=O)N3C2)nc2c(-c3ccc(C#N)cc3)cccc21. The largest absolute Gasteiger partial charge is 0.459 e. The molecule has 0 bridgehead atoms. The van der Waals surface area contributed by atoms with Gasteiger partial charge in [0, 0.05) is 29.6 Å². The maximum absolute atomic E-state index is 14.8. The van der Waals surface area contributed by atoms with Crippen molar-refractivity contribution in [1.29, 1.82) is 5.26 Å². The smallest absolute Gasteiger partial charge is 0.297 e. The van der Waals surface area contributed by atoms with Crippen LogP contribution in [0.2, 0.25) is 0 Å². The number of para-hydroxylation sites is 2. The van der Waals surface area contributed by atoms with Crippen molar-refractivity contribution in [2.24, 2.45) is 5.92 Å². The third-order valence-electron chi connectivity index (χ3n) is 12.4. The number of anilines is 1. The maximum Gasteiger partial charge on any atom is 0.297 e. The van der Waals surface area contributed by atoms with Crippen molar-refractivity contribution in [3.8, 4) is 23.2 Å². The molecule has 1 saturated heterocycles. The molecule has 3 aromatic carbocycles. The van der Waals surface area contributed by atoms with E-state index >= 15 is 0 Å². The van der Waals surface area contributed by atoms with Crippen LogP contribution in [0, 0.1) is 17.2 Å². The average Bonchev–Trinajstić information content (AvgIpc) is 4.04. The highest BCUT2D eigenvalue weighted by molar-refractivity contribution is 7.91. The van der Waals surface area contributed by atoms with Gasteiger partial charge in [0.2, 0.25) is 21.8 Å². The number of nitrogens with zero attached hydrogens (tertiary/aromatic N) is 4. The molecule has 3 N–H and O–H groups in total. The van der Waals surface area contributed by atoms with Gasteiger partial charge < -0.3 is 20.3 Å². The summed E-state index contributed by atoms with van der Waals surface area (Å²) in [6, 6.07) is 23.5. The molecule has 1 aromatic heterocycles. The Balaban J connectivity index is 1.13. The molecule has 3 heterocycles. The zero-order valence-corrected chi connectivity index (χ0v) is 34.5. The average molecular weight is 818 g/mol. The van der Waals surface area contributed by atoms with Crippen LogP contribution in [0.4, 0.5) is 5.69 Å². The van der Waals surface area contributed by atoms with Crippen molar-refractivity contribution in [1.82, 2.24) is 24.5 Å². The zero-order valence-electron chi connectivity index (χ0n) is 33.7. The fourth-order valence-corrected chi connectivity index (χ4v) is 9.78. The number of nitriles is 1. The first-order chi connectivity index (χ1) is 28.3. The molecule has 59 heavy (non-hydrogen) atoms. The van der Waals surface area contributed by atoms with Crippen molar-refractivity contribution < 1.29 is 27.5 Å². The Hall–Kier alpha value is -5.68. The minimum absolute atomic E-state index is 0.0603. The molecule has 8 rings (SSSR count). The molecule has 2 aliphatic heterocycles. The molecule has 14 heteroatoms. The van der Waals surface area contributed by atoms with Crippen LogP contribution in [0.5, 0.6) is 6.01 Å². The molecule has 0 unspecified atom stereocenters. The van der Waals surface area contributed by atoms with Gasteiger partial charge in [-0.15, -0.1) is 0 Å². The number of carbonyl (C=O) groups is 3. The van der Waals surface area contributed by atoms with Crippen molar-refractivity contribution in [2.75, 3.05) is 11.9 Å². The molecule has 3 fully saturated rings. The van der Waals surface area contributed by atoms with E-state index in [9.17, 15) is 28.1 Å². The molecule has 3 amide bonds. The Morgan fingerprint density at radius 1 is 1.02 bits per heavy atom. The van der Waals surface area contributed by atoms with Crippen LogP contribution in [0.1, 0.15) is 90.2 Å². The molecule has 2 aliphatic carbocycles. The van der Waals surface area contributed by atoms with Gasteiger partial charge >= 0.3 is 0 Å². The van der Waals surface area contributed by atoms with Gasteiger partial charge in [-0.2, -0.15) is 10.2 Å². The molecular weight excluding hydrogens is 767 g/mol. The van der Waals surface area contributed by atoms with E-state index in [-0.39, 0.29) is 31.3 Å². The molecule has 13 nitrogen and oxygen atoms in total. The van der Waals surface area contributed by atoms with Crippen LogP contribution >= 0.6 is 0 Å². The number of hydrogen-bond donors (Lipinski definition) is 3. The van der Waals surface area contributed by atoms with Gasteiger partial charge in [-0.25, -0.2) is 8.42 Å². The van der Waals surface area contributed by atoms with E-state index in [1.54, 1.807) is 24.0 Å². The monoisotopic (exact) mass is 817 g/mol. The molecule has 2 saturated carbocycles. The van der Waals surface area contributed by atoms with Crippen molar-refractivity contribution in [2.45, 2.75) is 113 Å². The summed E-state index contributed by atoms with van der Waals surface area (Å²) < 4.78 is 36.5. The topological polar surface area (TPSA) is 176 Å². The highest BCUT2D eigenvalue weighted by Gasteiger charge is 2.63. The number of carbonyl (C=O) groups excluding carboxylic acids is 3. The lowest BCUT2D eigenvalue weighted by Crippen LogP contribution is -2.58. The molecular formula is C45H51N7O6S. The first kappa shape index (κ1) is 40.1. The molecule has 0 spiro atoms. The number of rotatable bonds is 9. The van der Waals surface area contributed by atoms with E-state index in [0.717, 1.165) is 48.0 Å². The summed E-state index contributed by atoms with van der Waals surface area (Å²) in [6.45, 7) is 5.77. The lowest BCUT2D eigenvalue weighted by molar-refractivity contribution is -0.140. The lowest BCUT2D eigenvalue weighted by atomic mass is 10.0. The number of nitrogens with one attached hydrogen (secondary N) is 3. The summed E-state index contributed by atoms with van der Waals surface area (Å²) in [7, 11) is -3.97. The quantitative estimate of drug-likeness (QED) is 0.162. The predicted molar refractivity (Wildman–Crippen MR) is 225 cm³/mol. The standard InChI is InChI=1S/C45H51N7O6S/c1-29(2)52-37-18-12-16-35(31-21-19-30(27-46)20-22-31)39(37)48-43(52)58-34-25-38-40(53)49-45(42(55)50-59(56,57)44(3)23-24-44)26-32(45)13-8-5-4-6-11-17-36(41(54)51(38)28-34)47-33-14-9-7-10-15-33/h7-10,12-16,18-22,29,32,34,36,38,47H,4-6,11,17,23-26,28H2,1-3H3,(H,49,53)(H,50,55)/b13-8-/t32-,34-,36+,38+,45-/m1/s1. The first-order valence-electron chi connectivity index (χ1n) is 20.7. The van der Waals surface area contributed by atoms with Gasteiger partial charge in [0.25, 0.3) is 11.9 Å². The second-order valence-electron chi connectivity index (χ2n) is 17.0. The predicted octanol–water partition coefficient (Wildman–Crippen LogP) is 6.38. The van der Waals surface area contributed by atoms with Gasteiger partial charge in [0.15, 0.2) is 0 Å². The summed E-state index contributed by atoms with van der Waals surface area (Å²) in [6.07, 6.45) is 8.38. The fraction of sp³-hybridized carbons (Fsp3) is 0.444. The fourth-order valence-electron chi connectivity index (χ4n) is 8.47. The van der Waals surface area contributed by atoms with Crippen LogP contribution in [0.3, 0.4) is 0 Å². The van der Waals surface area contributed by atoms with Gasteiger partial charge in [0.05, 0.1) is 28.4 Å². The van der Waals surface area contributed by atoms with E-state index in [1.165, 1.54) is 0 Å². The number of ether oxygens (including phenoxy) is 1. The Morgan fingerprint density at radius 2 is 1.78 bits per heavy atom. The Kier molecular flexibility index (Phi) is 10.8. The van der Waals surface area contributed by atoms with Gasteiger partial charge in [-0.05, 0) is 95.2 Å². The Morgan fingerprint density at radius 3 is 2.49 bits per heavy atom. The number of allylic oxidation sites excluding steroid dienone is 1. The van der Waals surface area contributed by atoms with Gasteiger partial charge in [-0.3, -0.25) is 23.7 Å². The van der Waals surface area contributed by atoms with Crippen molar-refractivity contribution in [3.05, 3.63) is 90.5 Å². The third-order valence-corrected chi connectivity index (χ3v) is 14.6. The van der Waals surface area contributed by atoms with Crippen LogP contribution in [0.25, 0.3) is 22.2 Å². The van der Waals surface area contributed by atoms with E-state index in [4.69, 9.17) is 9.72 Å². The summed E-state index contributed by atoms with van der Waals surface area (Å²) in [5.74, 6) is -1.96. The van der Waals surface area contributed by atoms with E-state index in [1.807, 2.05) is 91.2 Å². The second kappa shape index (κ2) is 15.8. The summed E-state index contributed by atoms with van der Waals surface area (Å²) in [4.78, 5) is 50.0. The van der Waals surface area contributed by atoms with Crippen LogP contribution in [-0.4, -0.2) is 75.6 Å².